The minimum atomic E-state index is -4.34. The molecule has 0 saturated carbocycles. The maximum atomic E-state index is 11.9. The zero-order chi connectivity index (χ0) is 13.2. The van der Waals surface area contributed by atoms with E-state index in [1.165, 1.54) is 0 Å². The molecule has 0 bridgehead atoms. The average molecular weight is 265 g/mol. The van der Waals surface area contributed by atoms with Crippen molar-refractivity contribution in [3.63, 3.8) is 0 Å². The molecule has 4 nitrogen and oxygen atoms in total. The summed E-state index contributed by atoms with van der Waals surface area (Å²) in [5.41, 5.74) is 0. The molecule has 1 amide bonds. The molecule has 2 fully saturated rings. The van der Waals surface area contributed by atoms with Crippen LogP contribution < -0.4 is 10.6 Å². The first-order valence-corrected chi connectivity index (χ1v) is 6.23. The summed E-state index contributed by atoms with van der Waals surface area (Å²) in [5.74, 6) is -0.0138. The van der Waals surface area contributed by atoms with Crippen LogP contribution in [-0.4, -0.2) is 55.7 Å². The van der Waals surface area contributed by atoms with Crippen molar-refractivity contribution < 1.29 is 18.0 Å². The van der Waals surface area contributed by atoms with Gasteiger partial charge in [0.2, 0.25) is 5.91 Å². The summed E-state index contributed by atoms with van der Waals surface area (Å²) in [6.07, 6.45) is -2.07. The van der Waals surface area contributed by atoms with E-state index in [9.17, 15) is 18.0 Å². The van der Waals surface area contributed by atoms with Gasteiger partial charge in [-0.3, -0.25) is 9.69 Å². The van der Waals surface area contributed by atoms with Crippen LogP contribution in [0, 0.1) is 5.92 Å². The molecule has 7 heteroatoms. The van der Waals surface area contributed by atoms with Crippen LogP contribution in [0.15, 0.2) is 0 Å². The van der Waals surface area contributed by atoms with Gasteiger partial charge in [0.05, 0.1) is 6.54 Å². The molecule has 2 atom stereocenters. The van der Waals surface area contributed by atoms with Gasteiger partial charge in [0.15, 0.2) is 0 Å². The van der Waals surface area contributed by atoms with Gasteiger partial charge in [0.1, 0.15) is 6.54 Å². The Hall–Kier alpha value is -0.820. The number of halogens is 3. The SMILES string of the molecule is O=C(CN1C[C@@H]2CCCN[C@@H]2C1)NCC(F)(F)F. The first-order chi connectivity index (χ1) is 8.44. The number of carbonyl (C=O) groups is 1. The van der Waals surface area contributed by atoms with Gasteiger partial charge < -0.3 is 10.6 Å². The quantitative estimate of drug-likeness (QED) is 0.774. The first-order valence-electron chi connectivity index (χ1n) is 6.23. The predicted molar refractivity (Wildman–Crippen MR) is 60.0 cm³/mol. The molecule has 2 aliphatic rings. The number of nitrogens with one attached hydrogen (secondary N) is 2. The van der Waals surface area contributed by atoms with Gasteiger partial charge in [0.25, 0.3) is 0 Å². The van der Waals surface area contributed by atoms with Crippen molar-refractivity contribution >= 4 is 5.91 Å². The highest BCUT2D eigenvalue weighted by Gasteiger charge is 2.35. The third kappa shape index (κ3) is 3.84. The normalized spacial score (nSPS) is 29.1. The molecular weight excluding hydrogens is 247 g/mol. The van der Waals surface area contributed by atoms with E-state index in [0.29, 0.717) is 12.0 Å². The fourth-order valence-electron chi connectivity index (χ4n) is 2.72. The summed E-state index contributed by atoms with van der Waals surface area (Å²) in [7, 11) is 0. The Morgan fingerprint density at radius 3 is 2.83 bits per heavy atom. The largest absolute Gasteiger partial charge is 0.405 e. The Balaban J connectivity index is 1.72. The van der Waals surface area contributed by atoms with Crippen molar-refractivity contribution in [2.45, 2.75) is 25.1 Å². The van der Waals surface area contributed by atoms with Gasteiger partial charge in [-0.15, -0.1) is 0 Å². The van der Waals surface area contributed by atoms with Gasteiger partial charge in [-0.2, -0.15) is 13.2 Å². The van der Waals surface area contributed by atoms with Gasteiger partial charge in [0, 0.05) is 19.1 Å². The Labute approximate surface area is 104 Å². The average Bonchev–Trinajstić information content (AvgIpc) is 2.67. The van der Waals surface area contributed by atoms with Gasteiger partial charge in [-0.05, 0) is 25.3 Å². The first kappa shape index (κ1) is 13.6. The van der Waals surface area contributed by atoms with Crippen molar-refractivity contribution in [2.75, 3.05) is 32.7 Å². The van der Waals surface area contributed by atoms with Gasteiger partial charge in [-0.25, -0.2) is 0 Å². The summed E-state index contributed by atoms with van der Waals surface area (Å²) in [6.45, 7) is 1.37. The molecule has 2 saturated heterocycles. The number of alkyl halides is 3. The van der Waals surface area contributed by atoms with E-state index in [4.69, 9.17) is 0 Å². The highest BCUT2D eigenvalue weighted by molar-refractivity contribution is 5.78. The lowest BCUT2D eigenvalue weighted by Crippen LogP contribution is -2.42. The van der Waals surface area contributed by atoms with E-state index in [1.54, 1.807) is 0 Å². The van der Waals surface area contributed by atoms with Gasteiger partial charge in [-0.1, -0.05) is 0 Å². The second-order valence-electron chi connectivity index (χ2n) is 5.05. The molecule has 0 aliphatic carbocycles. The maximum absolute atomic E-state index is 11.9. The van der Waals surface area contributed by atoms with E-state index in [-0.39, 0.29) is 6.54 Å². The number of hydrogen-bond donors (Lipinski definition) is 2. The fourth-order valence-corrected chi connectivity index (χ4v) is 2.72. The second-order valence-corrected chi connectivity index (χ2v) is 5.05. The highest BCUT2D eigenvalue weighted by atomic mass is 19.4. The molecule has 0 aromatic carbocycles. The lowest BCUT2D eigenvalue weighted by atomic mass is 9.94. The van der Waals surface area contributed by atoms with Crippen LogP contribution in [-0.2, 0) is 4.79 Å². The Morgan fingerprint density at radius 1 is 1.39 bits per heavy atom. The molecule has 2 N–H and O–H groups in total. The number of rotatable bonds is 3. The van der Waals surface area contributed by atoms with Crippen LogP contribution in [0.5, 0.6) is 0 Å². The van der Waals surface area contributed by atoms with Gasteiger partial charge >= 0.3 is 6.18 Å². The molecule has 18 heavy (non-hydrogen) atoms. The molecule has 2 rings (SSSR count). The second kappa shape index (κ2) is 5.44. The van der Waals surface area contributed by atoms with E-state index < -0.39 is 18.6 Å². The topological polar surface area (TPSA) is 44.4 Å². The standard InChI is InChI=1S/C11H18F3N3O/c12-11(13,14)7-16-10(18)6-17-4-8-2-1-3-15-9(8)5-17/h8-9,15H,1-7H2,(H,16,18)/t8-,9+/m0/s1. The lowest BCUT2D eigenvalue weighted by molar-refractivity contribution is -0.138. The summed E-state index contributed by atoms with van der Waals surface area (Å²) >= 11 is 0. The number of piperidine rings is 1. The van der Waals surface area contributed by atoms with E-state index in [1.807, 2.05) is 10.2 Å². The zero-order valence-electron chi connectivity index (χ0n) is 10.1. The van der Waals surface area contributed by atoms with Crippen molar-refractivity contribution in [3.8, 4) is 0 Å². The van der Waals surface area contributed by atoms with E-state index >= 15 is 0 Å². The maximum Gasteiger partial charge on any atom is 0.405 e. The van der Waals surface area contributed by atoms with Crippen LogP contribution in [0.3, 0.4) is 0 Å². The Kier molecular flexibility index (Phi) is 4.11. The molecule has 0 radical (unpaired) electrons. The lowest BCUT2D eigenvalue weighted by Gasteiger charge is -2.24. The fraction of sp³-hybridized carbons (Fsp3) is 0.909. The molecule has 0 spiro atoms. The summed E-state index contributed by atoms with van der Waals surface area (Å²) < 4.78 is 35.8. The summed E-state index contributed by atoms with van der Waals surface area (Å²) in [6, 6.07) is 0.397. The minimum absolute atomic E-state index is 0.0603. The number of fused-ring (bicyclic) bond motifs is 1. The van der Waals surface area contributed by atoms with E-state index in [2.05, 4.69) is 5.32 Å². The molecule has 2 aliphatic heterocycles. The minimum Gasteiger partial charge on any atom is -0.346 e. The number of nitrogens with zero attached hydrogens (tertiary/aromatic N) is 1. The monoisotopic (exact) mass is 265 g/mol. The molecule has 2 heterocycles. The summed E-state index contributed by atoms with van der Waals surface area (Å²) in [4.78, 5) is 13.3. The molecule has 0 aromatic heterocycles. The molecule has 104 valence electrons. The van der Waals surface area contributed by atoms with Crippen LogP contribution >= 0.6 is 0 Å². The van der Waals surface area contributed by atoms with E-state index in [0.717, 1.165) is 32.5 Å². The van der Waals surface area contributed by atoms with Crippen molar-refractivity contribution in [1.82, 2.24) is 15.5 Å². The van der Waals surface area contributed by atoms with Crippen LogP contribution in [0.1, 0.15) is 12.8 Å². The van der Waals surface area contributed by atoms with Crippen LogP contribution in [0.4, 0.5) is 13.2 Å². The molecular formula is C11H18F3N3O. The zero-order valence-corrected chi connectivity index (χ0v) is 10.1. The molecule has 0 aromatic rings. The number of hydrogen-bond acceptors (Lipinski definition) is 3. The molecule has 0 unspecified atom stereocenters. The third-order valence-corrected chi connectivity index (χ3v) is 3.53. The van der Waals surface area contributed by atoms with Crippen molar-refractivity contribution in [3.05, 3.63) is 0 Å². The highest BCUT2D eigenvalue weighted by Crippen LogP contribution is 2.24. The summed E-state index contributed by atoms with van der Waals surface area (Å²) in [5, 5.41) is 5.29. The predicted octanol–water partition coefficient (Wildman–Crippen LogP) is 0.349. The van der Waals surface area contributed by atoms with Crippen LogP contribution in [0.25, 0.3) is 0 Å². The number of carbonyl (C=O) groups excluding carboxylic acids is 1. The van der Waals surface area contributed by atoms with Crippen molar-refractivity contribution in [1.29, 1.82) is 0 Å². The van der Waals surface area contributed by atoms with Crippen molar-refractivity contribution in [2.24, 2.45) is 5.92 Å². The Morgan fingerprint density at radius 2 is 2.17 bits per heavy atom. The number of amides is 1. The number of likely N-dealkylation sites (tertiary alicyclic amines) is 1. The smallest absolute Gasteiger partial charge is 0.346 e. The third-order valence-electron chi connectivity index (χ3n) is 3.53. The Bertz CT molecular complexity index is 294. The van der Waals surface area contributed by atoms with Crippen LogP contribution in [0.2, 0.25) is 0 Å².